The normalized spacial score (nSPS) is 13.4. The van der Waals surface area contributed by atoms with Crippen LogP contribution < -0.4 is 0 Å². The molecule has 0 heterocycles. The maximum atomic E-state index is 5.13. The SMILES string of the molecule is COC(OC)[SiH2]C[SiH2]C(OC)OC. The van der Waals surface area contributed by atoms with Gasteiger partial charge in [-0.3, -0.25) is 0 Å². The Balaban J connectivity index is 3.41. The zero-order valence-electron chi connectivity index (χ0n) is 8.91. The smallest absolute Gasteiger partial charge is 0.133 e. The molecule has 0 radical (unpaired) electrons. The molecule has 0 fully saturated rings. The fraction of sp³-hybridized carbons (Fsp3) is 1.00. The minimum Gasteiger partial charge on any atom is -0.360 e. The second-order valence-electron chi connectivity index (χ2n) is 2.73. The Morgan fingerprint density at radius 3 is 1.31 bits per heavy atom. The van der Waals surface area contributed by atoms with Gasteiger partial charge in [0, 0.05) is 28.4 Å². The molecule has 6 heteroatoms. The highest BCUT2D eigenvalue weighted by atomic mass is 28.3. The van der Waals surface area contributed by atoms with Gasteiger partial charge in [-0.1, -0.05) is 5.67 Å². The van der Waals surface area contributed by atoms with Crippen molar-refractivity contribution in [2.75, 3.05) is 28.4 Å². The van der Waals surface area contributed by atoms with Crippen LogP contribution in [0.1, 0.15) is 0 Å². The Labute approximate surface area is 84.5 Å². The van der Waals surface area contributed by atoms with Gasteiger partial charge in [0.1, 0.15) is 11.8 Å². The Hall–Kier alpha value is 0.274. The number of ether oxygens (including phenoxy) is 4. The third kappa shape index (κ3) is 6.36. The van der Waals surface area contributed by atoms with Crippen molar-refractivity contribution in [3.8, 4) is 0 Å². The molecule has 0 atom stereocenters. The number of methoxy groups -OCH3 is 4. The zero-order chi connectivity index (χ0) is 10.1. The van der Waals surface area contributed by atoms with Crippen LogP contribution in [0.4, 0.5) is 0 Å². The van der Waals surface area contributed by atoms with Gasteiger partial charge in [0.2, 0.25) is 0 Å². The summed E-state index contributed by atoms with van der Waals surface area (Å²) >= 11 is 0. The van der Waals surface area contributed by atoms with E-state index in [9.17, 15) is 0 Å². The molecule has 0 aromatic rings. The fourth-order valence-electron chi connectivity index (χ4n) is 1.12. The van der Waals surface area contributed by atoms with Crippen LogP contribution in [-0.4, -0.2) is 59.3 Å². The van der Waals surface area contributed by atoms with Crippen molar-refractivity contribution in [2.45, 2.75) is 17.5 Å². The molecule has 0 aliphatic carbocycles. The average Bonchev–Trinajstić information content (AvgIpc) is 2.19. The van der Waals surface area contributed by atoms with Gasteiger partial charge in [-0.05, 0) is 0 Å². The second-order valence-corrected chi connectivity index (χ2v) is 8.05. The Bertz CT molecular complexity index is 94.7. The molecule has 80 valence electrons. The quantitative estimate of drug-likeness (QED) is 0.385. The van der Waals surface area contributed by atoms with Crippen LogP contribution in [0.2, 0.25) is 5.67 Å². The predicted octanol–water partition coefficient (Wildman–Crippen LogP) is -1.15. The van der Waals surface area contributed by atoms with E-state index in [1.807, 2.05) is 0 Å². The molecule has 0 aliphatic heterocycles. The summed E-state index contributed by atoms with van der Waals surface area (Å²) in [5, 5.41) is 0. The molecule has 4 nitrogen and oxygen atoms in total. The van der Waals surface area contributed by atoms with Crippen LogP contribution >= 0.6 is 0 Å². The molecule has 0 N–H and O–H groups in total. The van der Waals surface area contributed by atoms with E-state index >= 15 is 0 Å². The highest BCUT2D eigenvalue weighted by Crippen LogP contribution is 1.95. The Kier molecular flexibility index (Phi) is 9.04. The van der Waals surface area contributed by atoms with Gasteiger partial charge in [-0.2, -0.15) is 0 Å². The molecule has 0 spiro atoms. The summed E-state index contributed by atoms with van der Waals surface area (Å²) in [6.45, 7) is 0. The number of hydrogen-bond acceptors (Lipinski definition) is 4. The van der Waals surface area contributed by atoms with Gasteiger partial charge in [-0.15, -0.1) is 0 Å². The first-order valence-electron chi connectivity index (χ1n) is 4.39. The van der Waals surface area contributed by atoms with Gasteiger partial charge in [0.05, 0.1) is 19.0 Å². The number of hydrogen-bond donors (Lipinski definition) is 0. The molecule has 0 saturated heterocycles. The van der Waals surface area contributed by atoms with Crippen molar-refractivity contribution in [3.05, 3.63) is 0 Å². The van der Waals surface area contributed by atoms with Crippen LogP contribution in [0.25, 0.3) is 0 Å². The first kappa shape index (κ1) is 13.3. The summed E-state index contributed by atoms with van der Waals surface area (Å²) in [7, 11) is 6.19. The molecule has 0 bridgehead atoms. The van der Waals surface area contributed by atoms with Crippen molar-refractivity contribution in [1.82, 2.24) is 0 Å². The van der Waals surface area contributed by atoms with Crippen LogP contribution in [0.3, 0.4) is 0 Å². The van der Waals surface area contributed by atoms with E-state index < -0.39 is 0 Å². The zero-order valence-corrected chi connectivity index (χ0v) is 11.7. The molecule has 13 heavy (non-hydrogen) atoms. The molecule has 0 aliphatic rings. The van der Waals surface area contributed by atoms with Crippen molar-refractivity contribution in [1.29, 1.82) is 0 Å². The third-order valence-electron chi connectivity index (χ3n) is 1.93. The molecular formula is C7H20O4Si2. The van der Waals surface area contributed by atoms with Gasteiger partial charge < -0.3 is 18.9 Å². The highest BCUT2D eigenvalue weighted by molar-refractivity contribution is 6.56. The van der Waals surface area contributed by atoms with E-state index in [0.29, 0.717) is 0 Å². The minimum absolute atomic E-state index is 0.0573. The van der Waals surface area contributed by atoms with Crippen molar-refractivity contribution in [2.24, 2.45) is 0 Å². The molecule has 0 aromatic carbocycles. The third-order valence-corrected chi connectivity index (χ3v) is 7.47. The Morgan fingerprint density at radius 1 is 0.769 bits per heavy atom. The second kappa shape index (κ2) is 8.85. The maximum absolute atomic E-state index is 5.13. The van der Waals surface area contributed by atoms with Crippen molar-refractivity contribution < 1.29 is 18.9 Å². The molecule has 0 aromatic heterocycles. The summed E-state index contributed by atoms with van der Waals surface area (Å²) in [4.78, 5) is 0. The lowest BCUT2D eigenvalue weighted by Crippen LogP contribution is -2.28. The fourth-order valence-corrected chi connectivity index (χ4v) is 5.67. The number of rotatable bonds is 8. The predicted molar refractivity (Wildman–Crippen MR) is 57.5 cm³/mol. The summed E-state index contributed by atoms with van der Waals surface area (Å²) in [5.41, 5.74) is 1.23. The standard InChI is InChI=1S/C7H20O4Si2/c1-8-6(9-2)12-5-13-7(10-3)11-4/h6-7H,5,12-13H2,1-4H3. The van der Waals surface area contributed by atoms with Crippen LogP contribution in [0.15, 0.2) is 0 Å². The molecule has 0 unspecified atom stereocenters. The molecular weight excluding hydrogens is 204 g/mol. The molecule has 0 amide bonds. The van der Waals surface area contributed by atoms with Crippen LogP contribution in [0, 0.1) is 0 Å². The summed E-state index contributed by atoms with van der Waals surface area (Å²) in [6, 6.07) is 0. The monoisotopic (exact) mass is 224 g/mol. The van der Waals surface area contributed by atoms with E-state index in [4.69, 9.17) is 18.9 Å². The average molecular weight is 224 g/mol. The van der Waals surface area contributed by atoms with Crippen LogP contribution in [-0.2, 0) is 18.9 Å². The lowest BCUT2D eigenvalue weighted by molar-refractivity contribution is -0.0461. The molecule has 0 saturated carbocycles. The van der Waals surface area contributed by atoms with Gasteiger partial charge in [0.25, 0.3) is 0 Å². The lowest BCUT2D eigenvalue weighted by atomic mass is 11.3. The maximum Gasteiger partial charge on any atom is 0.133 e. The van der Waals surface area contributed by atoms with E-state index in [1.54, 1.807) is 28.4 Å². The topological polar surface area (TPSA) is 36.9 Å². The van der Waals surface area contributed by atoms with Crippen molar-refractivity contribution >= 4 is 19.0 Å². The van der Waals surface area contributed by atoms with E-state index in [2.05, 4.69) is 0 Å². The van der Waals surface area contributed by atoms with E-state index in [-0.39, 0.29) is 30.9 Å². The highest BCUT2D eigenvalue weighted by Gasteiger charge is 2.09. The van der Waals surface area contributed by atoms with Crippen molar-refractivity contribution in [3.63, 3.8) is 0 Å². The summed E-state index contributed by atoms with van der Waals surface area (Å²) < 4.78 is 20.5. The van der Waals surface area contributed by atoms with Gasteiger partial charge in [0.15, 0.2) is 0 Å². The Morgan fingerprint density at radius 2 is 1.08 bits per heavy atom. The molecule has 0 rings (SSSR count). The van der Waals surface area contributed by atoms with Gasteiger partial charge in [-0.25, -0.2) is 0 Å². The first-order valence-corrected chi connectivity index (χ1v) is 8.03. The minimum atomic E-state index is -0.279. The first-order chi connectivity index (χ1) is 6.28. The van der Waals surface area contributed by atoms with E-state index in [0.717, 1.165) is 0 Å². The summed E-state index contributed by atoms with van der Waals surface area (Å²) in [5.74, 6) is 0.115. The van der Waals surface area contributed by atoms with E-state index in [1.165, 1.54) is 5.67 Å². The van der Waals surface area contributed by atoms with Gasteiger partial charge >= 0.3 is 0 Å². The lowest BCUT2D eigenvalue weighted by Gasteiger charge is -2.15. The largest absolute Gasteiger partial charge is 0.360 e. The van der Waals surface area contributed by atoms with Crippen LogP contribution in [0.5, 0.6) is 0 Å². The summed E-state index contributed by atoms with van der Waals surface area (Å²) in [6.07, 6.45) is 0.